The first-order chi connectivity index (χ1) is 10.3. The van der Waals surface area contributed by atoms with Gasteiger partial charge in [-0.2, -0.15) is 0 Å². The van der Waals surface area contributed by atoms with Crippen molar-refractivity contribution in [2.75, 3.05) is 0 Å². The van der Waals surface area contributed by atoms with Crippen molar-refractivity contribution >= 4 is 11.4 Å². The molecule has 6 heteroatoms. The predicted molar refractivity (Wildman–Crippen MR) is 80.5 cm³/mol. The van der Waals surface area contributed by atoms with Gasteiger partial charge in [0.25, 0.3) is 11.4 Å². The van der Waals surface area contributed by atoms with Crippen molar-refractivity contribution in [2.24, 2.45) is 0 Å². The van der Waals surface area contributed by atoms with Gasteiger partial charge in [0.05, 0.1) is 9.85 Å². The van der Waals surface area contributed by atoms with Gasteiger partial charge in [-0.1, -0.05) is 0 Å². The van der Waals surface area contributed by atoms with Crippen molar-refractivity contribution in [1.29, 1.82) is 0 Å². The summed E-state index contributed by atoms with van der Waals surface area (Å²) in [5.41, 5.74) is 2.92. The Morgan fingerprint density at radius 3 is 1.27 bits per heavy atom. The zero-order chi connectivity index (χ0) is 16.3. The van der Waals surface area contributed by atoms with E-state index in [4.69, 9.17) is 0 Å². The molecule has 2 aromatic rings. The lowest BCUT2D eigenvalue weighted by Gasteiger charge is -2.15. The second-order valence-corrected chi connectivity index (χ2v) is 5.69. The molecule has 3 rings (SSSR count). The largest absolute Gasteiger partial charge is 0.273 e. The van der Waals surface area contributed by atoms with Gasteiger partial charge in [0.15, 0.2) is 0 Å². The molecule has 0 bridgehead atoms. The fraction of sp³-hybridized carbons (Fsp3) is 0.250. The third-order valence-electron chi connectivity index (χ3n) is 4.41. The average molecular weight is 298 g/mol. The van der Waals surface area contributed by atoms with Gasteiger partial charge >= 0.3 is 0 Å². The highest BCUT2D eigenvalue weighted by Gasteiger charge is 2.23. The number of rotatable bonds is 2. The zero-order valence-corrected chi connectivity index (χ0v) is 12.7. The van der Waals surface area contributed by atoms with Crippen molar-refractivity contribution in [3.05, 3.63) is 75.5 Å². The summed E-state index contributed by atoms with van der Waals surface area (Å²) in [6.45, 7) is 7.08. The number of nitro benzene ring substituents is 2. The van der Waals surface area contributed by atoms with E-state index in [9.17, 15) is 20.2 Å². The third-order valence-corrected chi connectivity index (χ3v) is 4.41. The van der Waals surface area contributed by atoms with Crippen LogP contribution in [0.4, 0.5) is 11.4 Å². The highest BCUT2D eigenvalue weighted by atomic mass is 16.6. The van der Waals surface area contributed by atoms with Crippen LogP contribution in [0.5, 0.6) is 0 Å². The molecule has 0 amide bonds. The third kappa shape index (κ3) is 1.60. The minimum absolute atomic E-state index is 0.0606. The fourth-order valence-electron chi connectivity index (χ4n) is 3.38. The first-order valence-corrected chi connectivity index (χ1v) is 6.83. The number of nitrogens with zero attached hydrogens (tertiary/aromatic N) is 2. The zero-order valence-electron chi connectivity index (χ0n) is 12.7. The van der Waals surface area contributed by atoms with Crippen LogP contribution in [0.25, 0.3) is 0 Å². The maximum Gasteiger partial charge on any atom is 0.273 e. The molecule has 0 saturated heterocycles. The van der Waals surface area contributed by atoms with Crippen molar-refractivity contribution < 1.29 is 9.85 Å². The van der Waals surface area contributed by atoms with E-state index in [1.54, 1.807) is 26.0 Å². The lowest BCUT2D eigenvalue weighted by Crippen LogP contribution is -2.06. The fourth-order valence-corrected chi connectivity index (χ4v) is 3.38. The van der Waals surface area contributed by atoms with Gasteiger partial charge < -0.3 is 0 Å². The number of benzene rings is 2. The van der Waals surface area contributed by atoms with Crippen LogP contribution in [0, 0.1) is 68.8 Å². The molecule has 0 heterocycles. The minimum Gasteiger partial charge on any atom is -0.258 e. The van der Waals surface area contributed by atoms with E-state index in [-0.39, 0.29) is 11.4 Å². The summed E-state index contributed by atoms with van der Waals surface area (Å²) >= 11 is 0. The number of hydrogen-bond donors (Lipinski definition) is 0. The van der Waals surface area contributed by atoms with E-state index >= 15 is 0 Å². The number of hydrogen-bond acceptors (Lipinski definition) is 4. The monoisotopic (exact) mass is 298 g/mol. The molecule has 0 unspecified atom stereocenters. The summed E-state index contributed by atoms with van der Waals surface area (Å²) in [6, 6.07) is 3.15. The van der Waals surface area contributed by atoms with Gasteiger partial charge in [-0.25, -0.2) is 0 Å². The maximum absolute atomic E-state index is 11.2. The second-order valence-electron chi connectivity index (χ2n) is 5.69. The Labute approximate surface area is 125 Å². The molecule has 0 fully saturated rings. The number of nitro groups is 2. The standard InChI is InChI=1S/C16H14N2O4/c1-7-5-11(17(19)20)9(3)15-13(7)14-8(2)6-12(18(21)22)10(4)16(14)15/h5-6H,1-4H3. The first-order valence-electron chi connectivity index (χ1n) is 6.83. The molecule has 22 heavy (non-hydrogen) atoms. The summed E-state index contributed by atoms with van der Waals surface area (Å²) < 4.78 is 0. The van der Waals surface area contributed by atoms with Crippen LogP contribution in [-0.4, -0.2) is 9.85 Å². The number of aryl methyl sites for hydroxylation is 2. The molecule has 1 aliphatic carbocycles. The van der Waals surface area contributed by atoms with E-state index in [1.165, 1.54) is 0 Å². The van der Waals surface area contributed by atoms with Crippen LogP contribution in [-0.2, 0) is 0 Å². The van der Waals surface area contributed by atoms with Gasteiger partial charge in [-0.15, -0.1) is 0 Å². The van der Waals surface area contributed by atoms with Gasteiger partial charge in [-0.05, 0) is 49.3 Å². The molecule has 0 aromatic heterocycles. The van der Waals surface area contributed by atoms with Crippen LogP contribution in [0.3, 0.4) is 0 Å². The Morgan fingerprint density at radius 2 is 1.00 bits per heavy atom. The number of fused-ring (bicyclic) bond motifs is 2. The summed E-state index contributed by atoms with van der Waals surface area (Å²) in [4.78, 5) is 21.6. The molecular weight excluding hydrogens is 284 g/mol. The van der Waals surface area contributed by atoms with E-state index in [2.05, 4.69) is 0 Å². The van der Waals surface area contributed by atoms with E-state index in [0.717, 1.165) is 32.0 Å². The molecule has 0 atom stereocenters. The summed E-state index contributed by atoms with van der Waals surface area (Å²) in [5, 5.41) is 25.9. The van der Waals surface area contributed by atoms with Crippen molar-refractivity contribution in [3.63, 3.8) is 0 Å². The SMILES string of the molecule is Cc1cc([N+](=O)[O-])c(C)c2c1=c1c(C)cc([N+](=O)[O-])c(C)c1=2. The molecule has 0 saturated carbocycles. The van der Waals surface area contributed by atoms with Crippen LogP contribution in [0.2, 0.25) is 0 Å². The molecule has 1 aliphatic rings. The van der Waals surface area contributed by atoms with Crippen LogP contribution >= 0.6 is 0 Å². The Kier molecular flexibility index (Phi) is 2.82. The summed E-state index contributed by atoms with van der Waals surface area (Å²) in [5.74, 6) is 0. The smallest absolute Gasteiger partial charge is 0.258 e. The first kappa shape index (κ1) is 14.2. The molecular formula is C16H14N2O4. The van der Waals surface area contributed by atoms with Crippen LogP contribution in [0.15, 0.2) is 12.1 Å². The van der Waals surface area contributed by atoms with E-state index in [1.807, 2.05) is 13.8 Å². The molecule has 0 aliphatic heterocycles. The maximum atomic E-state index is 11.2. The Balaban J connectivity index is 2.65. The lowest BCUT2D eigenvalue weighted by molar-refractivity contribution is -0.385. The Hall–Kier alpha value is -2.76. The molecule has 2 aromatic carbocycles. The van der Waals surface area contributed by atoms with Gasteiger partial charge in [0.2, 0.25) is 0 Å². The van der Waals surface area contributed by atoms with Gasteiger partial charge in [0.1, 0.15) is 0 Å². The quantitative estimate of drug-likeness (QED) is 0.534. The van der Waals surface area contributed by atoms with Crippen molar-refractivity contribution in [1.82, 2.24) is 0 Å². The molecule has 112 valence electrons. The Bertz CT molecular complexity index is 986. The van der Waals surface area contributed by atoms with Gasteiger partial charge in [-0.3, -0.25) is 20.2 Å². The van der Waals surface area contributed by atoms with Crippen molar-refractivity contribution in [3.8, 4) is 0 Å². The van der Waals surface area contributed by atoms with E-state index < -0.39 is 9.85 Å². The molecule has 0 radical (unpaired) electrons. The van der Waals surface area contributed by atoms with Gasteiger partial charge in [0, 0.05) is 33.7 Å². The molecule has 6 nitrogen and oxygen atoms in total. The lowest BCUT2D eigenvalue weighted by atomic mass is 9.88. The highest BCUT2D eigenvalue weighted by Crippen LogP contribution is 2.32. The second kappa shape index (κ2) is 4.37. The minimum atomic E-state index is -0.403. The van der Waals surface area contributed by atoms with Crippen LogP contribution in [0.1, 0.15) is 22.3 Å². The Morgan fingerprint density at radius 1 is 0.682 bits per heavy atom. The predicted octanol–water partition coefficient (Wildman–Crippen LogP) is 3.62. The van der Waals surface area contributed by atoms with Crippen molar-refractivity contribution in [2.45, 2.75) is 27.7 Å². The summed E-state index contributed by atoms with van der Waals surface area (Å²) in [7, 11) is 0. The van der Waals surface area contributed by atoms with Crippen LogP contribution < -0.4 is 0 Å². The average Bonchev–Trinajstić information content (AvgIpc) is 2.37. The topological polar surface area (TPSA) is 86.3 Å². The molecule has 0 spiro atoms. The normalized spacial score (nSPS) is 11.5. The summed E-state index contributed by atoms with van der Waals surface area (Å²) in [6.07, 6.45) is 0. The van der Waals surface area contributed by atoms with E-state index in [0.29, 0.717) is 11.1 Å². The molecule has 0 N–H and O–H groups in total. The highest BCUT2D eigenvalue weighted by molar-refractivity contribution is 5.55.